The van der Waals surface area contributed by atoms with Gasteiger partial charge in [0.25, 0.3) is 0 Å². The van der Waals surface area contributed by atoms with Crippen molar-refractivity contribution in [1.82, 2.24) is 4.90 Å². The zero-order valence-electron chi connectivity index (χ0n) is 10.7. The third-order valence-electron chi connectivity index (χ3n) is 4.34. The first-order valence-electron chi connectivity index (χ1n) is 6.72. The molecule has 1 aromatic carbocycles. The number of hydrogen-bond acceptors (Lipinski definition) is 2. The predicted octanol–water partition coefficient (Wildman–Crippen LogP) is 2.14. The Bertz CT molecular complexity index is 403. The fraction of sp³-hybridized carbons (Fsp3) is 0.600. The first kappa shape index (κ1) is 11.2. The fourth-order valence-electron chi connectivity index (χ4n) is 2.85. The molecule has 2 fully saturated rings. The van der Waals surface area contributed by atoms with Crippen LogP contribution in [0, 0.1) is 0 Å². The third kappa shape index (κ3) is 2.38. The zero-order chi connectivity index (χ0) is 11.9. The molecule has 1 aliphatic carbocycles. The van der Waals surface area contributed by atoms with Crippen molar-refractivity contribution in [1.29, 1.82) is 0 Å². The average Bonchev–Trinajstić information content (AvgIpc) is 3.02. The Morgan fingerprint density at radius 1 is 1.29 bits per heavy atom. The van der Waals surface area contributed by atoms with Crippen LogP contribution in [0.2, 0.25) is 0 Å². The first-order chi connectivity index (χ1) is 8.16. The Morgan fingerprint density at radius 2 is 2.00 bits per heavy atom. The summed E-state index contributed by atoms with van der Waals surface area (Å²) < 4.78 is 0. The molecule has 1 heterocycles. The predicted molar refractivity (Wildman–Crippen MR) is 71.2 cm³/mol. The van der Waals surface area contributed by atoms with Crippen LogP contribution in [0.3, 0.4) is 0 Å². The van der Waals surface area contributed by atoms with Crippen molar-refractivity contribution in [2.45, 2.75) is 37.1 Å². The number of rotatable bonds is 4. The van der Waals surface area contributed by atoms with E-state index in [1.165, 1.54) is 31.5 Å². The number of likely N-dealkylation sites (N-methyl/N-ethyl adjacent to an activating group) is 1. The standard InChI is InChI=1S/C15H22N2/c1-17-10-13(11-17)14-5-3-2-4-12(14)6-7-15(16)8-9-15/h2-5,13H,6-11,16H2,1H3. The summed E-state index contributed by atoms with van der Waals surface area (Å²) in [7, 11) is 2.19. The summed E-state index contributed by atoms with van der Waals surface area (Å²) in [5, 5.41) is 0. The molecule has 0 amide bonds. The number of nitrogens with two attached hydrogens (primary N) is 1. The van der Waals surface area contributed by atoms with Crippen molar-refractivity contribution in [3.63, 3.8) is 0 Å². The van der Waals surface area contributed by atoms with Gasteiger partial charge in [0.1, 0.15) is 0 Å². The van der Waals surface area contributed by atoms with Crippen LogP contribution in [0.4, 0.5) is 0 Å². The highest BCUT2D eigenvalue weighted by Crippen LogP contribution is 2.37. The Hall–Kier alpha value is -0.860. The molecule has 2 N–H and O–H groups in total. The number of aryl methyl sites for hydroxylation is 1. The van der Waals surface area contributed by atoms with Gasteiger partial charge in [-0.15, -0.1) is 0 Å². The molecule has 92 valence electrons. The highest BCUT2D eigenvalue weighted by Gasteiger charge is 2.37. The Labute approximate surface area is 104 Å². The van der Waals surface area contributed by atoms with Gasteiger partial charge in [0.05, 0.1) is 0 Å². The summed E-state index contributed by atoms with van der Waals surface area (Å²) in [6, 6.07) is 8.94. The molecule has 1 aliphatic heterocycles. The van der Waals surface area contributed by atoms with Crippen LogP contribution in [-0.4, -0.2) is 30.6 Å². The molecule has 3 rings (SSSR count). The van der Waals surface area contributed by atoms with E-state index in [-0.39, 0.29) is 5.54 Å². The Kier molecular flexibility index (Phi) is 2.72. The summed E-state index contributed by atoms with van der Waals surface area (Å²) in [4.78, 5) is 2.38. The van der Waals surface area contributed by atoms with Crippen LogP contribution in [0.15, 0.2) is 24.3 Å². The quantitative estimate of drug-likeness (QED) is 0.858. The van der Waals surface area contributed by atoms with Gasteiger partial charge in [-0.2, -0.15) is 0 Å². The van der Waals surface area contributed by atoms with Gasteiger partial charge in [-0.25, -0.2) is 0 Å². The maximum Gasteiger partial charge on any atom is 0.0158 e. The maximum absolute atomic E-state index is 6.18. The van der Waals surface area contributed by atoms with Crippen molar-refractivity contribution in [2.75, 3.05) is 20.1 Å². The first-order valence-corrected chi connectivity index (χ1v) is 6.72. The van der Waals surface area contributed by atoms with Gasteiger partial charge in [0.15, 0.2) is 0 Å². The highest BCUT2D eigenvalue weighted by atomic mass is 15.2. The van der Waals surface area contributed by atoms with E-state index >= 15 is 0 Å². The topological polar surface area (TPSA) is 29.3 Å². The summed E-state index contributed by atoms with van der Waals surface area (Å²) in [6.07, 6.45) is 4.77. The number of benzene rings is 1. The second-order valence-electron chi connectivity index (χ2n) is 5.98. The molecule has 2 nitrogen and oxygen atoms in total. The summed E-state index contributed by atoms with van der Waals surface area (Å²) in [5.74, 6) is 0.754. The molecule has 0 atom stereocenters. The molecule has 17 heavy (non-hydrogen) atoms. The molecule has 0 bridgehead atoms. The molecule has 1 saturated carbocycles. The number of hydrogen-bond donors (Lipinski definition) is 1. The van der Waals surface area contributed by atoms with Gasteiger partial charge in [0.2, 0.25) is 0 Å². The van der Waals surface area contributed by atoms with Gasteiger partial charge in [-0.3, -0.25) is 0 Å². The smallest absolute Gasteiger partial charge is 0.0158 e. The Balaban J connectivity index is 1.69. The van der Waals surface area contributed by atoms with Gasteiger partial charge in [0, 0.05) is 24.5 Å². The van der Waals surface area contributed by atoms with Crippen LogP contribution in [0.1, 0.15) is 36.3 Å². The van der Waals surface area contributed by atoms with E-state index < -0.39 is 0 Å². The van der Waals surface area contributed by atoms with Crippen LogP contribution in [-0.2, 0) is 6.42 Å². The molecule has 0 unspecified atom stereocenters. The number of likely N-dealkylation sites (tertiary alicyclic amines) is 1. The molecular formula is C15H22N2. The van der Waals surface area contributed by atoms with E-state index in [1.807, 2.05) is 0 Å². The molecule has 1 aromatic rings. The second-order valence-corrected chi connectivity index (χ2v) is 5.98. The van der Waals surface area contributed by atoms with Crippen molar-refractivity contribution < 1.29 is 0 Å². The van der Waals surface area contributed by atoms with Crippen molar-refractivity contribution in [3.05, 3.63) is 35.4 Å². The SMILES string of the molecule is CN1CC(c2ccccc2CCC2(N)CC2)C1. The minimum atomic E-state index is 0.184. The fourth-order valence-corrected chi connectivity index (χ4v) is 2.85. The third-order valence-corrected chi connectivity index (χ3v) is 4.34. The van der Waals surface area contributed by atoms with E-state index in [0.717, 1.165) is 18.8 Å². The van der Waals surface area contributed by atoms with Crippen molar-refractivity contribution in [3.8, 4) is 0 Å². The lowest BCUT2D eigenvalue weighted by atomic mass is 9.86. The molecule has 2 heteroatoms. The van der Waals surface area contributed by atoms with E-state index in [1.54, 1.807) is 5.56 Å². The van der Waals surface area contributed by atoms with E-state index in [4.69, 9.17) is 5.73 Å². The summed E-state index contributed by atoms with van der Waals surface area (Å²) in [5.41, 5.74) is 9.46. The summed E-state index contributed by atoms with van der Waals surface area (Å²) in [6.45, 7) is 2.43. The van der Waals surface area contributed by atoms with Crippen LogP contribution >= 0.6 is 0 Å². The van der Waals surface area contributed by atoms with E-state index in [0.29, 0.717) is 0 Å². The van der Waals surface area contributed by atoms with E-state index in [9.17, 15) is 0 Å². The molecule has 2 aliphatic rings. The lowest BCUT2D eigenvalue weighted by molar-refractivity contribution is 0.189. The maximum atomic E-state index is 6.18. The normalized spacial score (nSPS) is 23.4. The zero-order valence-corrected chi connectivity index (χ0v) is 10.7. The van der Waals surface area contributed by atoms with Gasteiger partial charge >= 0.3 is 0 Å². The average molecular weight is 230 g/mol. The summed E-state index contributed by atoms with van der Waals surface area (Å²) >= 11 is 0. The van der Waals surface area contributed by atoms with Crippen molar-refractivity contribution >= 4 is 0 Å². The second kappa shape index (κ2) is 4.11. The Morgan fingerprint density at radius 3 is 2.65 bits per heavy atom. The molecule has 1 saturated heterocycles. The highest BCUT2D eigenvalue weighted by molar-refractivity contribution is 5.33. The molecule has 0 aromatic heterocycles. The van der Waals surface area contributed by atoms with Crippen LogP contribution in [0.25, 0.3) is 0 Å². The van der Waals surface area contributed by atoms with E-state index in [2.05, 4.69) is 36.2 Å². The minimum Gasteiger partial charge on any atom is -0.325 e. The monoisotopic (exact) mass is 230 g/mol. The molecule has 0 spiro atoms. The van der Waals surface area contributed by atoms with Crippen molar-refractivity contribution in [2.24, 2.45) is 5.73 Å². The number of nitrogens with zero attached hydrogens (tertiary/aromatic N) is 1. The largest absolute Gasteiger partial charge is 0.325 e. The van der Waals surface area contributed by atoms with Gasteiger partial charge in [-0.05, 0) is 43.9 Å². The minimum absolute atomic E-state index is 0.184. The molecule has 0 radical (unpaired) electrons. The van der Waals surface area contributed by atoms with Gasteiger partial charge in [-0.1, -0.05) is 24.3 Å². The van der Waals surface area contributed by atoms with Gasteiger partial charge < -0.3 is 10.6 Å². The lowest BCUT2D eigenvalue weighted by Gasteiger charge is -2.37. The molecular weight excluding hydrogens is 208 g/mol. The van der Waals surface area contributed by atoms with Crippen LogP contribution in [0.5, 0.6) is 0 Å². The van der Waals surface area contributed by atoms with Crippen LogP contribution < -0.4 is 5.73 Å². The lowest BCUT2D eigenvalue weighted by Crippen LogP contribution is -2.42.